The zero-order valence-electron chi connectivity index (χ0n) is 21.0. The van der Waals surface area contributed by atoms with Crippen molar-refractivity contribution in [3.63, 3.8) is 0 Å². The molecule has 1 spiro atoms. The van der Waals surface area contributed by atoms with Crippen LogP contribution in [-0.4, -0.2) is 79.1 Å². The summed E-state index contributed by atoms with van der Waals surface area (Å²) in [5, 5.41) is 2.92. The van der Waals surface area contributed by atoms with E-state index in [4.69, 9.17) is 9.47 Å². The van der Waals surface area contributed by atoms with E-state index in [0.29, 0.717) is 38.9 Å². The summed E-state index contributed by atoms with van der Waals surface area (Å²) >= 11 is 0. The number of nitrogens with zero attached hydrogens (tertiary/aromatic N) is 2. The third-order valence-electron chi connectivity index (χ3n) is 7.34. The first-order valence-corrected chi connectivity index (χ1v) is 12.3. The third kappa shape index (κ3) is 6.79. The summed E-state index contributed by atoms with van der Waals surface area (Å²) in [6, 6.07) is 9.19. The largest absolute Gasteiger partial charge is 0.457 e. The van der Waals surface area contributed by atoms with Gasteiger partial charge in [0.25, 0.3) is 0 Å². The van der Waals surface area contributed by atoms with Gasteiger partial charge in [-0.1, -0.05) is 18.2 Å². The Labute approximate surface area is 202 Å². The minimum absolute atomic E-state index is 0.115. The molecular weight excluding hydrogens is 434 g/mol. The molecule has 0 bridgehead atoms. The van der Waals surface area contributed by atoms with Crippen molar-refractivity contribution >= 4 is 23.5 Å². The van der Waals surface area contributed by atoms with Gasteiger partial charge in [-0.25, -0.2) is 4.79 Å². The standard InChI is InChI=1S/C26H39N3O5/c1-20-22(30)11-13-25(2,33-4)12-8-16-28(3)19-26(34-23(20)31)14-17-29(18-15-26)24(32)27-21-9-6-5-7-10-21/h5-7,9-10,20H,8,11-19H2,1-4H3,(H,27,32)/t20?,25-/m1/s1. The van der Waals surface area contributed by atoms with Crippen LogP contribution in [0.15, 0.2) is 30.3 Å². The maximum Gasteiger partial charge on any atom is 0.321 e. The first-order valence-electron chi connectivity index (χ1n) is 12.3. The number of likely N-dealkylation sites (tertiary alicyclic amines) is 1. The number of ketones is 1. The van der Waals surface area contributed by atoms with Crippen LogP contribution in [-0.2, 0) is 19.1 Å². The third-order valence-corrected chi connectivity index (χ3v) is 7.34. The molecular formula is C26H39N3O5. The maximum atomic E-state index is 13.0. The van der Waals surface area contributed by atoms with Crippen LogP contribution in [0.2, 0.25) is 0 Å². The molecule has 34 heavy (non-hydrogen) atoms. The highest BCUT2D eigenvalue weighted by atomic mass is 16.6. The van der Waals surface area contributed by atoms with Gasteiger partial charge in [-0.2, -0.15) is 0 Å². The van der Waals surface area contributed by atoms with Crippen molar-refractivity contribution in [3.8, 4) is 0 Å². The first-order chi connectivity index (χ1) is 16.2. The lowest BCUT2D eigenvalue weighted by Crippen LogP contribution is -2.55. The van der Waals surface area contributed by atoms with Crippen LogP contribution in [0, 0.1) is 5.92 Å². The molecule has 3 rings (SSSR count). The average molecular weight is 474 g/mol. The van der Waals surface area contributed by atoms with Gasteiger partial charge >= 0.3 is 12.0 Å². The van der Waals surface area contributed by atoms with Crippen molar-refractivity contribution in [1.82, 2.24) is 9.80 Å². The van der Waals surface area contributed by atoms with E-state index in [1.165, 1.54) is 0 Å². The number of nitrogens with one attached hydrogen (secondary N) is 1. The number of carbonyl (C=O) groups is 3. The smallest absolute Gasteiger partial charge is 0.321 e. The molecule has 1 unspecified atom stereocenters. The number of para-hydroxylation sites is 1. The fourth-order valence-corrected chi connectivity index (χ4v) is 4.79. The number of hydrogen-bond acceptors (Lipinski definition) is 6. The highest BCUT2D eigenvalue weighted by molar-refractivity contribution is 5.98. The number of piperidine rings is 1. The second kappa shape index (κ2) is 11.3. The van der Waals surface area contributed by atoms with Gasteiger partial charge in [-0.05, 0) is 58.8 Å². The van der Waals surface area contributed by atoms with E-state index in [9.17, 15) is 14.4 Å². The Morgan fingerprint density at radius 3 is 2.41 bits per heavy atom. The summed E-state index contributed by atoms with van der Waals surface area (Å²) < 4.78 is 11.8. The molecule has 1 N–H and O–H groups in total. The summed E-state index contributed by atoms with van der Waals surface area (Å²) in [7, 11) is 3.71. The number of carbonyl (C=O) groups excluding carboxylic acids is 3. The number of Topliss-reactive ketones (excluding diaryl/α,β-unsaturated/α-hetero) is 1. The second-order valence-electron chi connectivity index (χ2n) is 10.1. The topological polar surface area (TPSA) is 88.2 Å². The molecule has 2 atom stereocenters. The zero-order valence-corrected chi connectivity index (χ0v) is 21.0. The molecule has 2 aliphatic heterocycles. The highest BCUT2D eigenvalue weighted by Crippen LogP contribution is 2.31. The van der Waals surface area contributed by atoms with Gasteiger partial charge in [0.1, 0.15) is 17.3 Å². The van der Waals surface area contributed by atoms with Gasteiger partial charge in [0, 0.05) is 51.7 Å². The van der Waals surface area contributed by atoms with E-state index < -0.39 is 17.5 Å². The number of hydrogen-bond donors (Lipinski definition) is 1. The van der Waals surface area contributed by atoms with Crippen molar-refractivity contribution < 1.29 is 23.9 Å². The summed E-state index contributed by atoms with van der Waals surface area (Å²) in [5.74, 6) is -1.40. The number of amides is 2. The number of likely N-dealkylation sites (N-methyl/N-ethyl adjacent to an activating group) is 1. The lowest BCUT2D eigenvalue weighted by atomic mass is 9.89. The molecule has 0 radical (unpaired) electrons. The fourth-order valence-electron chi connectivity index (χ4n) is 4.79. The molecule has 0 saturated carbocycles. The molecule has 188 valence electrons. The zero-order chi connectivity index (χ0) is 24.8. The molecule has 8 heteroatoms. The van der Waals surface area contributed by atoms with Crippen molar-refractivity contribution in [2.45, 2.75) is 63.6 Å². The Morgan fingerprint density at radius 2 is 1.76 bits per heavy atom. The van der Waals surface area contributed by atoms with Crippen LogP contribution in [0.4, 0.5) is 10.5 Å². The SMILES string of the molecule is CO[C@]1(C)CCCN(C)CC2(CCN(C(=O)Nc3ccccc3)CC2)OC(=O)C(C)C(=O)CC1. The molecule has 1 aromatic carbocycles. The van der Waals surface area contributed by atoms with Gasteiger partial charge in [0.15, 0.2) is 0 Å². The number of rotatable bonds is 2. The number of urea groups is 1. The quantitative estimate of drug-likeness (QED) is 0.520. The Balaban J connectivity index is 1.70. The molecule has 8 nitrogen and oxygen atoms in total. The van der Waals surface area contributed by atoms with Crippen LogP contribution < -0.4 is 5.32 Å². The molecule has 2 heterocycles. The molecule has 0 aromatic heterocycles. The van der Waals surface area contributed by atoms with E-state index in [1.54, 1.807) is 18.9 Å². The number of benzene rings is 1. The Kier molecular flexibility index (Phi) is 8.71. The van der Waals surface area contributed by atoms with E-state index in [0.717, 1.165) is 25.1 Å². The van der Waals surface area contributed by atoms with Crippen molar-refractivity contribution in [2.24, 2.45) is 5.92 Å². The van der Waals surface area contributed by atoms with E-state index in [1.807, 2.05) is 44.3 Å². The lowest BCUT2D eigenvalue weighted by molar-refractivity contribution is -0.172. The predicted octanol–water partition coefficient (Wildman–Crippen LogP) is 3.71. The predicted molar refractivity (Wildman–Crippen MR) is 131 cm³/mol. The number of methoxy groups -OCH3 is 1. The summed E-state index contributed by atoms with van der Waals surface area (Å²) in [6.07, 6.45) is 3.69. The molecule has 2 amide bonds. The van der Waals surface area contributed by atoms with Gasteiger partial charge < -0.3 is 24.6 Å². The number of esters is 1. The number of ether oxygens (including phenoxy) is 2. The summed E-state index contributed by atoms with van der Waals surface area (Å²) in [6.45, 7) is 6.01. The fraction of sp³-hybridized carbons (Fsp3) is 0.654. The average Bonchev–Trinajstić information content (AvgIpc) is 2.82. The van der Waals surface area contributed by atoms with Crippen molar-refractivity contribution in [1.29, 1.82) is 0 Å². The van der Waals surface area contributed by atoms with Gasteiger partial charge in [0.2, 0.25) is 0 Å². The van der Waals surface area contributed by atoms with Crippen LogP contribution >= 0.6 is 0 Å². The van der Waals surface area contributed by atoms with E-state index in [-0.39, 0.29) is 23.8 Å². The first kappa shape index (κ1) is 26.2. The highest BCUT2D eigenvalue weighted by Gasteiger charge is 2.42. The molecule has 2 aliphatic rings. The lowest BCUT2D eigenvalue weighted by Gasteiger charge is -2.43. The normalized spacial score (nSPS) is 27.3. The van der Waals surface area contributed by atoms with Gasteiger partial charge in [0.05, 0.1) is 5.60 Å². The van der Waals surface area contributed by atoms with E-state index in [2.05, 4.69) is 10.2 Å². The summed E-state index contributed by atoms with van der Waals surface area (Å²) in [5.41, 5.74) is -0.359. The molecule has 1 aromatic rings. The minimum Gasteiger partial charge on any atom is -0.457 e. The Bertz CT molecular complexity index is 853. The van der Waals surface area contributed by atoms with Crippen LogP contribution in [0.3, 0.4) is 0 Å². The second-order valence-corrected chi connectivity index (χ2v) is 10.1. The van der Waals surface area contributed by atoms with Crippen LogP contribution in [0.1, 0.15) is 52.4 Å². The van der Waals surface area contributed by atoms with E-state index >= 15 is 0 Å². The minimum atomic E-state index is -0.816. The van der Waals surface area contributed by atoms with Crippen molar-refractivity contribution in [3.05, 3.63) is 30.3 Å². The van der Waals surface area contributed by atoms with Crippen LogP contribution in [0.25, 0.3) is 0 Å². The van der Waals surface area contributed by atoms with Gasteiger partial charge in [-0.3, -0.25) is 9.59 Å². The Morgan fingerprint density at radius 1 is 1.09 bits per heavy atom. The van der Waals surface area contributed by atoms with Crippen molar-refractivity contribution in [2.75, 3.05) is 45.7 Å². The Hall–Kier alpha value is -2.45. The monoisotopic (exact) mass is 473 g/mol. The molecule has 2 fully saturated rings. The molecule has 0 aliphatic carbocycles. The maximum absolute atomic E-state index is 13.0. The van der Waals surface area contributed by atoms with Gasteiger partial charge in [-0.15, -0.1) is 0 Å². The summed E-state index contributed by atoms with van der Waals surface area (Å²) in [4.78, 5) is 42.4. The van der Waals surface area contributed by atoms with Crippen LogP contribution in [0.5, 0.6) is 0 Å². The molecule has 2 saturated heterocycles. The number of anilines is 1.